The Morgan fingerprint density at radius 1 is 1.16 bits per heavy atom. The molecular formula is C17H15FN6O. The first-order valence-corrected chi connectivity index (χ1v) is 7.82. The molecule has 0 bridgehead atoms. The maximum Gasteiger partial charge on any atom is 0.231 e. The van der Waals surface area contributed by atoms with Gasteiger partial charge in [-0.3, -0.25) is 4.79 Å². The van der Waals surface area contributed by atoms with Gasteiger partial charge in [0.1, 0.15) is 18.0 Å². The number of carbonyl (C=O) groups excluding carboxylic acids is 1. The number of aromatic nitrogens is 4. The monoisotopic (exact) mass is 338 g/mol. The highest BCUT2D eigenvalue weighted by Crippen LogP contribution is 2.24. The molecule has 3 aromatic rings. The summed E-state index contributed by atoms with van der Waals surface area (Å²) in [5.41, 5.74) is 0.464. The van der Waals surface area contributed by atoms with Crippen LogP contribution in [-0.4, -0.2) is 38.7 Å². The Hall–Kier alpha value is -3.29. The third-order valence-electron chi connectivity index (χ3n) is 4.05. The molecule has 1 aromatic carbocycles. The number of anilines is 2. The molecule has 0 aliphatic carbocycles. The van der Waals surface area contributed by atoms with E-state index in [-0.39, 0.29) is 17.6 Å². The van der Waals surface area contributed by atoms with Gasteiger partial charge in [0.05, 0.1) is 5.92 Å². The normalized spacial score (nSPS) is 14.2. The largest absolute Gasteiger partial charge is 0.355 e. The third-order valence-corrected chi connectivity index (χ3v) is 4.05. The summed E-state index contributed by atoms with van der Waals surface area (Å²) in [5, 5.41) is 6.88. The van der Waals surface area contributed by atoms with Crippen LogP contribution in [0.25, 0.3) is 5.82 Å². The zero-order valence-electron chi connectivity index (χ0n) is 13.2. The number of amides is 1. The van der Waals surface area contributed by atoms with Crippen LogP contribution in [0.1, 0.15) is 0 Å². The average molecular weight is 338 g/mol. The SMILES string of the molecule is O=C(Nc1cccc(F)c1)C1CN(c2cc(-n3cccn3)ncn2)C1. The summed E-state index contributed by atoms with van der Waals surface area (Å²) >= 11 is 0. The Morgan fingerprint density at radius 3 is 2.76 bits per heavy atom. The number of nitrogens with one attached hydrogen (secondary N) is 1. The van der Waals surface area contributed by atoms with Crippen molar-refractivity contribution in [2.75, 3.05) is 23.3 Å². The summed E-state index contributed by atoms with van der Waals surface area (Å²) in [7, 11) is 0. The van der Waals surface area contributed by atoms with Crippen LogP contribution >= 0.6 is 0 Å². The molecule has 0 radical (unpaired) electrons. The van der Waals surface area contributed by atoms with Crippen molar-refractivity contribution in [1.29, 1.82) is 0 Å². The van der Waals surface area contributed by atoms with E-state index < -0.39 is 0 Å². The van der Waals surface area contributed by atoms with E-state index in [1.165, 1.54) is 18.5 Å². The van der Waals surface area contributed by atoms with Crippen LogP contribution in [0.2, 0.25) is 0 Å². The molecule has 25 heavy (non-hydrogen) atoms. The first kappa shape index (κ1) is 15.3. The van der Waals surface area contributed by atoms with E-state index in [1.807, 2.05) is 17.0 Å². The minimum Gasteiger partial charge on any atom is -0.355 e. The predicted octanol–water partition coefficient (Wildman–Crippen LogP) is 1.88. The summed E-state index contributed by atoms with van der Waals surface area (Å²) in [6.07, 6.45) is 4.96. The Kier molecular flexibility index (Phi) is 3.85. The van der Waals surface area contributed by atoms with Gasteiger partial charge in [-0.2, -0.15) is 5.10 Å². The Labute approximate surface area is 143 Å². The number of benzene rings is 1. The van der Waals surface area contributed by atoms with Gasteiger partial charge in [0, 0.05) is 37.2 Å². The zero-order chi connectivity index (χ0) is 17.2. The fourth-order valence-corrected chi connectivity index (χ4v) is 2.68. The van der Waals surface area contributed by atoms with E-state index in [0.29, 0.717) is 24.6 Å². The van der Waals surface area contributed by atoms with Crippen molar-refractivity contribution in [3.8, 4) is 5.82 Å². The van der Waals surface area contributed by atoms with Gasteiger partial charge in [-0.05, 0) is 24.3 Å². The molecule has 126 valence electrons. The van der Waals surface area contributed by atoms with Crippen molar-refractivity contribution >= 4 is 17.4 Å². The molecule has 0 spiro atoms. The number of nitrogens with zero attached hydrogens (tertiary/aromatic N) is 5. The molecule has 1 fully saturated rings. The molecule has 3 heterocycles. The molecule has 0 atom stereocenters. The van der Waals surface area contributed by atoms with E-state index in [4.69, 9.17) is 0 Å². The Balaban J connectivity index is 1.39. The molecule has 1 amide bonds. The number of halogens is 1. The third kappa shape index (κ3) is 3.18. The lowest BCUT2D eigenvalue weighted by molar-refractivity contribution is -0.120. The van der Waals surface area contributed by atoms with Crippen molar-refractivity contribution in [1.82, 2.24) is 19.7 Å². The van der Waals surface area contributed by atoms with Crippen LogP contribution in [0.3, 0.4) is 0 Å². The zero-order valence-corrected chi connectivity index (χ0v) is 13.2. The number of hydrogen-bond donors (Lipinski definition) is 1. The summed E-state index contributed by atoms with van der Waals surface area (Å²) in [6.45, 7) is 1.10. The maximum absolute atomic E-state index is 13.2. The molecule has 1 N–H and O–H groups in total. The standard InChI is InChI=1S/C17H15FN6O/c18-13-3-1-4-14(7-13)22-17(25)12-9-23(10-12)15-8-16(20-11-19-15)24-6-2-5-21-24/h1-8,11-12H,9-10H2,(H,22,25). The van der Waals surface area contributed by atoms with Crippen molar-refractivity contribution in [3.05, 3.63) is 60.9 Å². The van der Waals surface area contributed by atoms with Crippen LogP contribution in [0.15, 0.2) is 55.1 Å². The molecule has 1 aliphatic rings. The highest BCUT2D eigenvalue weighted by molar-refractivity contribution is 5.94. The van der Waals surface area contributed by atoms with Crippen LogP contribution in [-0.2, 0) is 4.79 Å². The van der Waals surface area contributed by atoms with Crippen LogP contribution in [0.5, 0.6) is 0 Å². The summed E-state index contributed by atoms with van der Waals surface area (Å²) < 4.78 is 14.8. The second-order valence-corrected chi connectivity index (χ2v) is 5.79. The molecular weight excluding hydrogens is 323 g/mol. The van der Waals surface area contributed by atoms with Gasteiger partial charge in [0.15, 0.2) is 5.82 Å². The van der Waals surface area contributed by atoms with Crippen molar-refractivity contribution in [2.45, 2.75) is 0 Å². The minimum absolute atomic E-state index is 0.122. The van der Waals surface area contributed by atoms with Crippen LogP contribution in [0, 0.1) is 11.7 Å². The van der Waals surface area contributed by atoms with Crippen LogP contribution in [0.4, 0.5) is 15.9 Å². The smallest absolute Gasteiger partial charge is 0.231 e. The molecule has 0 unspecified atom stereocenters. The Morgan fingerprint density at radius 2 is 2.00 bits per heavy atom. The summed E-state index contributed by atoms with van der Waals surface area (Å²) in [4.78, 5) is 22.7. The maximum atomic E-state index is 13.2. The highest BCUT2D eigenvalue weighted by Gasteiger charge is 2.33. The minimum atomic E-state index is -0.375. The van der Waals surface area contributed by atoms with Crippen molar-refractivity contribution < 1.29 is 9.18 Å². The second-order valence-electron chi connectivity index (χ2n) is 5.79. The van der Waals surface area contributed by atoms with E-state index in [0.717, 1.165) is 5.82 Å². The van der Waals surface area contributed by atoms with Gasteiger partial charge in [0.25, 0.3) is 0 Å². The van der Waals surface area contributed by atoms with Gasteiger partial charge < -0.3 is 10.2 Å². The average Bonchev–Trinajstić information content (AvgIpc) is 3.08. The van der Waals surface area contributed by atoms with E-state index >= 15 is 0 Å². The van der Waals surface area contributed by atoms with Crippen molar-refractivity contribution in [2.24, 2.45) is 5.92 Å². The van der Waals surface area contributed by atoms with Gasteiger partial charge in [-0.15, -0.1) is 0 Å². The fraction of sp³-hybridized carbons (Fsp3) is 0.176. The summed E-state index contributed by atoms with van der Waals surface area (Å²) in [5.74, 6) is 0.757. The molecule has 2 aromatic heterocycles. The molecule has 1 aliphatic heterocycles. The molecule has 0 saturated carbocycles. The van der Waals surface area contributed by atoms with E-state index in [2.05, 4.69) is 20.4 Å². The lowest BCUT2D eigenvalue weighted by Gasteiger charge is -2.39. The molecule has 4 rings (SSSR count). The lowest BCUT2D eigenvalue weighted by Crippen LogP contribution is -2.52. The topological polar surface area (TPSA) is 75.9 Å². The van der Waals surface area contributed by atoms with E-state index in [9.17, 15) is 9.18 Å². The summed E-state index contributed by atoms with van der Waals surface area (Å²) in [6, 6.07) is 9.52. The molecule has 8 heteroatoms. The predicted molar refractivity (Wildman–Crippen MR) is 89.9 cm³/mol. The first-order valence-electron chi connectivity index (χ1n) is 7.82. The van der Waals surface area contributed by atoms with Crippen molar-refractivity contribution in [3.63, 3.8) is 0 Å². The van der Waals surface area contributed by atoms with E-state index in [1.54, 1.807) is 29.2 Å². The van der Waals surface area contributed by atoms with Gasteiger partial charge >= 0.3 is 0 Å². The van der Waals surface area contributed by atoms with Gasteiger partial charge in [0.2, 0.25) is 5.91 Å². The quantitative estimate of drug-likeness (QED) is 0.786. The fourth-order valence-electron chi connectivity index (χ4n) is 2.68. The van der Waals surface area contributed by atoms with Crippen LogP contribution < -0.4 is 10.2 Å². The first-order chi connectivity index (χ1) is 12.2. The second kappa shape index (κ2) is 6.31. The highest BCUT2D eigenvalue weighted by atomic mass is 19.1. The van der Waals surface area contributed by atoms with Gasteiger partial charge in [-0.25, -0.2) is 19.0 Å². The Bertz CT molecular complexity index is 892. The number of hydrogen-bond acceptors (Lipinski definition) is 5. The molecule has 1 saturated heterocycles. The molecule has 7 nitrogen and oxygen atoms in total. The number of rotatable bonds is 4. The number of carbonyl (C=O) groups is 1. The lowest BCUT2D eigenvalue weighted by atomic mass is 9.99. The van der Waals surface area contributed by atoms with Gasteiger partial charge in [-0.1, -0.05) is 6.07 Å².